The lowest BCUT2D eigenvalue weighted by atomic mass is 10.1. The first-order valence-electron chi connectivity index (χ1n) is 9.48. The first kappa shape index (κ1) is 24.9. The molecule has 0 heterocycles. The summed E-state index contributed by atoms with van der Waals surface area (Å²) in [5, 5.41) is 6.66. The Labute approximate surface area is 191 Å². The van der Waals surface area contributed by atoms with Gasteiger partial charge in [-0.15, -0.1) is 24.0 Å². The minimum atomic E-state index is 0. The number of aliphatic imine (C=N–C) groups is 1. The van der Waals surface area contributed by atoms with Gasteiger partial charge in [-0.1, -0.05) is 24.3 Å². The smallest absolute Gasteiger partial charge is 0.191 e. The maximum Gasteiger partial charge on any atom is 0.191 e. The van der Waals surface area contributed by atoms with Gasteiger partial charge in [0.15, 0.2) is 17.5 Å². The summed E-state index contributed by atoms with van der Waals surface area (Å²) in [4.78, 5) is 4.68. The third-order valence-electron chi connectivity index (χ3n) is 4.41. The summed E-state index contributed by atoms with van der Waals surface area (Å²) in [7, 11) is 4.98. The molecule has 2 aromatic carbocycles. The van der Waals surface area contributed by atoms with E-state index in [-0.39, 0.29) is 24.0 Å². The number of para-hydroxylation sites is 1. The Kier molecular flexibility index (Phi) is 11.3. The number of ether oxygens (including phenoxy) is 3. The molecule has 0 unspecified atom stereocenters. The molecular formula is C22H32IN3O3. The fourth-order valence-corrected chi connectivity index (χ4v) is 2.93. The van der Waals surface area contributed by atoms with Gasteiger partial charge < -0.3 is 24.8 Å². The number of benzene rings is 2. The van der Waals surface area contributed by atoms with Crippen LogP contribution in [0.4, 0.5) is 0 Å². The standard InChI is InChI=1S/C22H31N3O3.HI/c1-6-23-22(24-13-12-17-11-10-16(2)20(14-17)27-4)25-15-18-8-7-9-19(26-3)21(18)28-5;/h7-11,14H,6,12-13,15H2,1-5H3,(H2,23,24,25);1H. The third kappa shape index (κ3) is 7.30. The summed E-state index contributed by atoms with van der Waals surface area (Å²) in [6, 6.07) is 12.1. The first-order chi connectivity index (χ1) is 13.6. The summed E-state index contributed by atoms with van der Waals surface area (Å²) < 4.78 is 16.2. The van der Waals surface area contributed by atoms with Crippen LogP contribution in [-0.2, 0) is 13.0 Å². The lowest BCUT2D eigenvalue weighted by Crippen LogP contribution is -2.38. The average Bonchev–Trinajstić information content (AvgIpc) is 2.72. The van der Waals surface area contributed by atoms with Gasteiger partial charge in [0.05, 0.1) is 27.9 Å². The van der Waals surface area contributed by atoms with Crippen molar-refractivity contribution in [1.29, 1.82) is 0 Å². The fourth-order valence-electron chi connectivity index (χ4n) is 2.93. The Bertz CT molecular complexity index is 797. The molecule has 0 aliphatic rings. The number of nitrogens with one attached hydrogen (secondary N) is 2. The zero-order chi connectivity index (χ0) is 20.4. The zero-order valence-corrected chi connectivity index (χ0v) is 20.2. The van der Waals surface area contributed by atoms with Crippen LogP contribution in [0.5, 0.6) is 17.2 Å². The molecular weight excluding hydrogens is 481 g/mol. The van der Waals surface area contributed by atoms with Gasteiger partial charge >= 0.3 is 0 Å². The van der Waals surface area contributed by atoms with Crippen molar-refractivity contribution in [3.63, 3.8) is 0 Å². The number of nitrogens with zero attached hydrogens (tertiary/aromatic N) is 1. The van der Waals surface area contributed by atoms with Crippen molar-refractivity contribution in [2.24, 2.45) is 4.99 Å². The van der Waals surface area contributed by atoms with Crippen molar-refractivity contribution in [1.82, 2.24) is 10.6 Å². The summed E-state index contributed by atoms with van der Waals surface area (Å²) >= 11 is 0. The number of aryl methyl sites for hydroxylation is 1. The van der Waals surface area contributed by atoms with Crippen LogP contribution < -0.4 is 24.8 Å². The van der Waals surface area contributed by atoms with Gasteiger partial charge in [0.1, 0.15) is 5.75 Å². The van der Waals surface area contributed by atoms with E-state index in [4.69, 9.17) is 14.2 Å². The number of hydrogen-bond donors (Lipinski definition) is 2. The molecule has 0 saturated carbocycles. The van der Waals surface area contributed by atoms with E-state index in [2.05, 4.69) is 33.8 Å². The quantitative estimate of drug-likeness (QED) is 0.302. The normalized spacial score (nSPS) is 10.7. The monoisotopic (exact) mass is 513 g/mol. The van der Waals surface area contributed by atoms with Gasteiger partial charge in [-0.3, -0.25) is 0 Å². The Morgan fingerprint density at radius 3 is 2.38 bits per heavy atom. The van der Waals surface area contributed by atoms with Crippen molar-refractivity contribution in [2.45, 2.75) is 26.8 Å². The van der Waals surface area contributed by atoms with E-state index in [9.17, 15) is 0 Å². The molecule has 0 aliphatic carbocycles. The van der Waals surface area contributed by atoms with Crippen molar-refractivity contribution in [3.05, 3.63) is 53.1 Å². The predicted molar refractivity (Wildman–Crippen MR) is 129 cm³/mol. The van der Waals surface area contributed by atoms with Gasteiger partial charge in [-0.2, -0.15) is 0 Å². The Balaban J connectivity index is 0.00000420. The largest absolute Gasteiger partial charge is 0.496 e. The molecule has 0 fully saturated rings. The van der Waals surface area contributed by atoms with Crippen LogP contribution in [0.15, 0.2) is 41.4 Å². The van der Waals surface area contributed by atoms with Crippen LogP contribution in [0, 0.1) is 6.92 Å². The molecule has 7 heteroatoms. The lowest BCUT2D eigenvalue weighted by molar-refractivity contribution is 0.352. The second-order valence-electron chi connectivity index (χ2n) is 6.33. The highest BCUT2D eigenvalue weighted by atomic mass is 127. The maximum atomic E-state index is 5.48. The van der Waals surface area contributed by atoms with E-state index >= 15 is 0 Å². The molecule has 0 saturated heterocycles. The van der Waals surface area contributed by atoms with Crippen molar-refractivity contribution in [3.8, 4) is 17.2 Å². The first-order valence-corrected chi connectivity index (χ1v) is 9.48. The van der Waals surface area contributed by atoms with Crippen molar-refractivity contribution in [2.75, 3.05) is 34.4 Å². The van der Waals surface area contributed by atoms with E-state index in [0.29, 0.717) is 12.3 Å². The van der Waals surface area contributed by atoms with Gasteiger partial charge in [-0.25, -0.2) is 4.99 Å². The highest BCUT2D eigenvalue weighted by molar-refractivity contribution is 14.0. The van der Waals surface area contributed by atoms with Crippen LogP contribution in [0.25, 0.3) is 0 Å². The Morgan fingerprint density at radius 2 is 1.72 bits per heavy atom. The van der Waals surface area contributed by atoms with E-state index in [0.717, 1.165) is 48.1 Å². The molecule has 2 N–H and O–H groups in total. The van der Waals surface area contributed by atoms with Gasteiger partial charge in [0.25, 0.3) is 0 Å². The van der Waals surface area contributed by atoms with Crippen LogP contribution >= 0.6 is 24.0 Å². The molecule has 0 radical (unpaired) electrons. The molecule has 0 spiro atoms. The topological polar surface area (TPSA) is 64.1 Å². The number of halogens is 1. The van der Waals surface area contributed by atoms with Gasteiger partial charge in [0, 0.05) is 18.7 Å². The van der Waals surface area contributed by atoms with Crippen LogP contribution in [-0.4, -0.2) is 40.4 Å². The average molecular weight is 513 g/mol. The molecule has 160 valence electrons. The SMILES string of the molecule is CCNC(=NCc1cccc(OC)c1OC)NCCc1ccc(C)c(OC)c1.I. The van der Waals surface area contributed by atoms with Crippen LogP contribution in [0.3, 0.4) is 0 Å². The van der Waals surface area contributed by atoms with E-state index in [1.165, 1.54) is 5.56 Å². The fraction of sp³-hybridized carbons (Fsp3) is 0.409. The molecule has 0 amide bonds. The van der Waals surface area contributed by atoms with E-state index in [1.807, 2.05) is 32.0 Å². The van der Waals surface area contributed by atoms with Gasteiger partial charge in [-0.05, 0) is 43.5 Å². The highest BCUT2D eigenvalue weighted by Crippen LogP contribution is 2.31. The molecule has 29 heavy (non-hydrogen) atoms. The molecule has 2 aromatic rings. The second kappa shape index (κ2) is 13.1. The highest BCUT2D eigenvalue weighted by Gasteiger charge is 2.09. The zero-order valence-electron chi connectivity index (χ0n) is 17.9. The van der Waals surface area contributed by atoms with E-state index in [1.54, 1.807) is 21.3 Å². The number of guanidine groups is 1. The van der Waals surface area contributed by atoms with Gasteiger partial charge in [0.2, 0.25) is 0 Å². The molecule has 2 rings (SSSR count). The van der Waals surface area contributed by atoms with Crippen molar-refractivity contribution < 1.29 is 14.2 Å². The lowest BCUT2D eigenvalue weighted by Gasteiger charge is -2.14. The predicted octanol–water partition coefficient (Wildman–Crippen LogP) is 3.94. The maximum absolute atomic E-state index is 5.48. The molecule has 0 atom stereocenters. The molecule has 0 aliphatic heterocycles. The molecule has 0 bridgehead atoms. The number of methoxy groups -OCH3 is 3. The molecule has 0 aromatic heterocycles. The molecule has 6 nitrogen and oxygen atoms in total. The number of hydrogen-bond acceptors (Lipinski definition) is 4. The van der Waals surface area contributed by atoms with Crippen LogP contribution in [0.1, 0.15) is 23.6 Å². The van der Waals surface area contributed by atoms with E-state index < -0.39 is 0 Å². The summed E-state index contributed by atoms with van der Waals surface area (Å²) in [5.41, 5.74) is 3.34. The van der Waals surface area contributed by atoms with Crippen molar-refractivity contribution >= 4 is 29.9 Å². The number of rotatable bonds is 9. The minimum Gasteiger partial charge on any atom is -0.496 e. The Morgan fingerprint density at radius 1 is 0.966 bits per heavy atom. The summed E-state index contributed by atoms with van der Waals surface area (Å²) in [6.45, 7) is 6.15. The third-order valence-corrected chi connectivity index (χ3v) is 4.41. The minimum absolute atomic E-state index is 0. The summed E-state index contributed by atoms with van der Waals surface area (Å²) in [6.07, 6.45) is 0.879. The summed E-state index contributed by atoms with van der Waals surface area (Å²) in [5.74, 6) is 3.12. The second-order valence-corrected chi connectivity index (χ2v) is 6.33. The van der Waals surface area contributed by atoms with Crippen LogP contribution in [0.2, 0.25) is 0 Å². The Hall–Kier alpha value is -2.16.